The van der Waals surface area contributed by atoms with E-state index in [-0.39, 0.29) is 24.1 Å². The summed E-state index contributed by atoms with van der Waals surface area (Å²) in [7, 11) is 0. The second kappa shape index (κ2) is 8.51. The van der Waals surface area contributed by atoms with Gasteiger partial charge in [0.1, 0.15) is 5.82 Å². The summed E-state index contributed by atoms with van der Waals surface area (Å²) in [6.45, 7) is 7.39. The molecule has 0 spiro atoms. The van der Waals surface area contributed by atoms with Crippen LogP contribution in [-0.4, -0.2) is 90.5 Å². The van der Waals surface area contributed by atoms with Gasteiger partial charge in [-0.15, -0.1) is 0 Å². The number of nitrogens with zero attached hydrogens (tertiary/aromatic N) is 3. The van der Waals surface area contributed by atoms with E-state index in [1.165, 1.54) is 12.1 Å². The Morgan fingerprint density at radius 1 is 1.03 bits per heavy atom. The molecular formula is C21H27FN4O3. The van der Waals surface area contributed by atoms with Gasteiger partial charge in [0.25, 0.3) is 0 Å². The van der Waals surface area contributed by atoms with Crippen molar-refractivity contribution in [2.75, 3.05) is 59.0 Å². The summed E-state index contributed by atoms with van der Waals surface area (Å²) in [5.41, 5.74) is 2.60. The van der Waals surface area contributed by atoms with Crippen LogP contribution in [0.1, 0.15) is 11.3 Å². The van der Waals surface area contributed by atoms with E-state index < -0.39 is 0 Å². The molecule has 2 saturated heterocycles. The number of carbonyl (C=O) groups excluding carboxylic acids is 2. The van der Waals surface area contributed by atoms with Crippen molar-refractivity contribution in [1.29, 1.82) is 0 Å². The number of nitrogens with one attached hydrogen (secondary N) is 1. The minimum absolute atomic E-state index is 0.0393. The summed E-state index contributed by atoms with van der Waals surface area (Å²) < 4.78 is 18.9. The third-order valence-corrected chi connectivity index (χ3v) is 5.86. The Kier molecular flexibility index (Phi) is 5.82. The molecule has 0 saturated carbocycles. The molecule has 1 N–H and O–H groups in total. The number of fused-ring (bicyclic) bond motifs is 1. The van der Waals surface area contributed by atoms with Gasteiger partial charge < -0.3 is 19.5 Å². The average Bonchev–Trinajstić information content (AvgIpc) is 3.03. The Labute approximate surface area is 169 Å². The first kappa shape index (κ1) is 19.8. The smallest absolute Gasteiger partial charge is 0.236 e. The molecule has 4 rings (SSSR count). The van der Waals surface area contributed by atoms with Crippen LogP contribution < -0.4 is 0 Å². The fourth-order valence-electron chi connectivity index (χ4n) is 4.10. The van der Waals surface area contributed by atoms with Crippen LogP contribution in [0.5, 0.6) is 0 Å². The second-order valence-electron chi connectivity index (χ2n) is 7.75. The van der Waals surface area contributed by atoms with Gasteiger partial charge in [0.2, 0.25) is 11.8 Å². The summed E-state index contributed by atoms with van der Waals surface area (Å²) in [6.07, 6.45) is 0.252. The third kappa shape index (κ3) is 4.43. The topological polar surface area (TPSA) is 68.9 Å². The van der Waals surface area contributed by atoms with Crippen LogP contribution in [-0.2, 0) is 20.7 Å². The summed E-state index contributed by atoms with van der Waals surface area (Å²) in [5.74, 6) is -0.134. The Morgan fingerprint density at radius 2 is 1.72 bits per heavy atom. The molecule has 2 amide bonds. The second-order valence-corrected chi connectivity index (χ2v) is 7.75. The highest BCUT2D eigenvalue weighted by Crippen LogP contribution is 2.24. The SMILES string of the molecule is Cc1[nH]c2ccc(F)cc2c1CC(=O)N1CCN(CC(=O)N2CCOCC2)CC1. The van der Waals surface area contributed by atoms with Crippen LogP contribution in [0.2, 0.25) is 0 Å². The van der Waals surface area contributed by atoms with Crippen LogP contribution in [0.4, 0.5) is 4.39 Å². The molecule has 8 heteroatoms. The van der Waals surface area contributed by atoms with Crippen molar-refractivity contribution < 1.29 is 18.7 Å². The van der Waals surface area contributed by atoms with Crippen molar-refractivity contribution in [3.8, 4) is 0 Å². The predicted molar refractivity (Wildman–Crippen MR) is 107 cm³/mol. The first-order valence-corrected chi connectivity index (χ1v) is 10.1. The van der Waals surface area contributed by atoms with Crippen molar-refractivity contribution in [3.63, 3.8) is 0 Å². The number of ether oxygens (including phenoxy) is 1. The molecular weight excluding hydrogens is 375 g/mol. The highest BCUT2D eigenvalue weighted by atomic mass is 19.1. The normalized spacial score (nSPS) is 18.4. The maximum atomic E-state index is 13.6. The fourth-order valence-corrected chi connectivity index (χ4v) is 4.10. The number of amides is 2. The molecule has 2 aromatic rings. The zero-order valence-corrected chi connectivity index (χ0v) is 16.7. The van der Waals surface area contributed by atoms with Gasteiger partial charge >= 0.3 is 0 Å². The van der Waals surface area contributed by atoms with E-state index in [1.807, 2.05) is 16.7 Å². The van der Waals surface area contributed by atoms with E-state index in [0.29, 0.717) is 59.0 Å². The summed E-state index contributed by atoms with van der Waals surface area (Å²) >= 11 is 0. The highest BCUT2D eigenvalue weighted by Gasteiger charge is 2.25. The van der Waals surface area contributed by atoms with Gasteiger partial charge in [0, 0.05) is 55.9 Å². The zero-order valence-electron chi connectivity index (χ0n) is 16.7. The lowest BCUT2D eigenvalue weighted by molar-refractivity contribution is -0.137. The molecule has 29 heavy (non-hydrogen) atoms. The van der Waals surface area contributed by atoms with E-state index in [9.17, 15) is 14.0 Å². The lowest BCUT2D eigenvalue weighted by Crippen LogP contribution is -2.52. The van der Waals surface area contributed by atoms with Crippen molar-refractivity contribution >= 4 is 22.7 Å². The van der Waals surface area contributed by atoms with Gasteiger partial charge in [0.15, 0.2) is 0 Å². The molecule has 0 atom stereocenters. The van der Waals surface area contributed by atoms with Crippen molar-refractivity contribution in [2.45, 2.75) is 13.3 Å². The van der Waals surface area contributed by atoms with Crippen LogP contribution >= 0.6 is 0 Å². The van der Waals surface area contributed by atoms with Crippen molar-refractivity contribution in [1.82, 2.24) is 19.7 Å². The van der Waals surface area contributed by atoms with Crippen LogP contribution in [0.15, 0.2) is 18.2 Å². The molecule has 0 bridgehead atoms. The Bertz CT molecular complexity index is 899. The molecule has 1 aromatic heterocycles. The third-order valence-electron chi connectivity index (χ3n) is 5.86. The van der Waals surface area contributed by atoms with E-state index in [0.717, 1.165) is 22.2 Å². The van der Waals surface area contributed by atoms with Crippen molar-refractivity contribution in [2.24, 2.45) is 0 Å². The number of piperazine rings is 1. The number of aryl methyl sites for hydroxylation is 1. The number of morpholine rings is 1. The van der Waals surface area contributed by atoms with Gasteiger partial charge in [0.05, 0.1) is 26.2 Å². The van der Waals surface area contributed by atoms with E-state index in [2.05, 4.69) is 9.88 Å². The molecule has 1 aromatic carbocycles. The fraction of sp³-hybridized carbons (Fsp3) is 0.524. The molecule has 2 aliphatic heterocycles. The van der Waals surface area contributed by atoms with E-state index in [4.69, 9.17) is 4.74 Å². The standard InChI is InChI=1S/C21H27FN4O3/c1-15-17(18-12-16(22)2-3-19(18)23-15)13-20(27)25-6-4-24(5-7-25)14-21(28)26-8-10-29-11-9-26/h2-3,12,23H,4-11,13-14H2,1H3. The zero-order chi connectivity index (χ0) is 20.4. The summed E-state index contributed by atoms with van der Waals surface area (Å²) in [6, 6.07) is 4.60. The lowest BCUT2D eigenvalue weighted by Gasteiger charge is -2.36. The van der Waals surface area contributed by atoms with Gasteiger partial charge in [-0.2, -0.15) is 0 Å². The molecule has 0 aliphatic carbocycles. The maximum Gasteiger partial charge on any atom is 0.236 e. The van der Waals surface area contributed by atoms with Gasteiger partial charge in [-0.3, -0.25) is 14.5 Å². The van der Waals surface area contributed by atoms with Gasteiger partial charge in [-0.05, 0) is 30.7 Å². The first-order chi connectivity index (χ1) is 14.0. The summed E-state index contributed by atoms with van der Waals surface area (Å²) in [4.78, 5) is 34.2. The molecule has 2 fully saturated rings. The number of aromatic amines is 1. The summed E-state index contributed by atoms with van der Waals surface area (Å²) in [5, 5.41) is 0.769. The largest absolute Gasteiger partial charge is 0.378 e. The number of carbonyl (C=O) groups is 2. The number of H-pyrrole nitrogens is 1. The minimum Gasteiger partial charge on any atom is -0.378 e. The Balaban J connectivity index is 1.32. The number of hydrogen-bond acceptors (Lipinski definition) is 4. The van der Waals surface area contributed by atoms with Crippen LogP contribution in [0, 0.1) is 12.7 Å². The van der Waals surface area contributed by atoms with Gasteiger partial charge in [-0.25, -0.2) is 4.39 Å². The number of benzene rings is 1. The molecule has 0 unspecified atom stereocenters. The number of rotatable bonds is 4. The highest BCUT2D eigenvalue weighted by molar-refractivity contribution is 5.90. The minimum atomic E-state index is -0.302. The molecule has 3 heterocycles. The monoisotopic (exact) mass is 402 g/mol. The molecule has 2 aliphatic rings. The maximum absolute atomic E-state index is 13.6. The van der Waals surface area contributed by atoms with Gasteiger partial charge in [-0.1, -0.05) is 0 Å². The molecule has 156 valence electrons. The van der Waals surface area contributed by atoms with E-state index in [1.54, 1.807) is 6.07 Å². The van der Waals surface area contributed by atoms with Crippen molar-refractivity contribution in [3.05, 3.63) is 35.3 Å². The van der Waals surface area contributed by atoms with E-state index >= 15 is 0 Å². The molecule has 0 radical (unpaired) electrons. The first-order valence-electron chi connectivity index (χ1n) is 10.1. The number of hydrogen-bond donors (Lipinski definition) is 1. The molecule has 7 nitrogen and oxygen atoms in total. The quantitative estimate of drug-likeness (QED) is 0.834. The number of halogens is 1. The van der Waals surface area contributed by atoms with Crippen LogP contribution in [0.25, 0.3) is 10.9 Å². The Hall–Kier alpha value is -2.45. The lowest BCUT2D eigenvalue weighted by atomic mass is 10.1. The van der Waals surface area contributed by atoms with Crippen LogP contribution in [0.3, 0.4) is 0 Å². The number of aromatic nitrogens is 1. The average molecular weight is 402 g/mol. The predicted octanol–water partition coefficient (Wildman–Crippen LogP) is 1.16. The Morgan fingerprint density at radius 3 is 2.45 bits per heavy atom.